The molecule has 0 aliphatic rings. The third kappa shape index (κ3) is 4.68. The van der Waals surface area contributed by atoms with Crippen molar-refractivity contribution in [3.8, 4) is 0 Å². The monoisotopic (exact) mass is 122 g/mol. The molecule has 0 aliphatic carbocycles. The Morgan fingerprint density at radius 1 is 2.00 bits per heavy atom. The molecule has 1 N–H and O–H groups in total. The highest BCUT2D eigenvalue weighted by molar-refractivity contribution is 7.52. The van der Waals surface area contributed by atoms with Gasteiger partial charge in [-0.3, -0.25) is 4.57 Å². The first kappa shape index (κ1) is 6.68. The first-order chi connectivity index (χ1) is 2.56. The Balaban J connectivity index is 3.48. The van der Waals surface area contributed by atoms with Crippen LogP contribution in [0.15, 0.2) is 0 Å². The quantitative estimate of drug-likeness (QED) is 0.390. The molecule has 1 atom stereocenters. The summed E-state index contributed by atoms with van der Waals surface area (Å²) in [5.74, 6) is 0. The molecule has 0 heterocycles. The fourth-order valence-corrected chi connectivity index (χ4v) is 0. The summed E-state index contributed by atoms with van der Waals surface area (Å²) in [6.45, 7) is 1.11. The molecule has 0 aromatic rings. The summed E-state index contributed by atoms with van der Waals surface area (Å²) < 4.78 is 13.9. The molecule has 2 radical (unpaired) electrons. The third-order valence-corrected chi connectivity index (χ3v) is 1.76. The van der Waals surface area contributed by atoms with E-state index in [1.807, 2.05) is 0 Å². The summed E-state index contributed by atoms with van der Waals surface area (Å²) in [5, 5.41) is 0. The standard InChI is InChI=1S/CH5O3P.Al/c1-5(2,3)4;/h1H3,(H2,2,3,4);/q;+1/p-1. The van der Waals surface area contributed by atoms with E-state index in [1.165, 1.54) is 0 Å². The van der Waals surface area contributed by atoms with E-state index < -0.39 is 7.60 Å². The van der Waals surface area contributed by atoms with E-state index >= 15 is 0 Å². The number of hydrogen-bond donors (Lipinski definition) is 1. The molecule has 0 rings (SSSR count). The van der Waals surface area contributed by atoms with Gasteiger partial charge in [0.25, 0.3) is 7.60 Å². The largest absolute Gasteiger partial charge is 0.456 e. The first-order valence-corrected chi connectivity index (χ1v) is 3.74. The lowest BCUT2D eigenvalue weighted by atomic mass is 12.0. The maximum absolute atomic E-state index is 9.90. The fourth-order valence-electron chi connectivity index (χ4n) is 0. The number of hydrogen-bond acceptors (Lipinski definition) is 2. The smallest absolute Gasteiger partial charge is 0.385 e. The molecule has 0 aromatic heterocycles. The van der Waals surface area contributed by atoms with E-state index in [4.69, 9.17) is 4.89 Å². The average Bonchev–Trinajstić information content (AvgIpc) is 1.35. The van der Waals surface area contributed by atoms with Crippen LogP contribution in [0.1, 0.15) is 0 Å². The summed E-state index contributed by atoms with van der Waals surface area (Å²) in [4.78, 5) is 8.14. The zero-order valence-corrected chi connectivity index (χ0v) is 5.34. The Morgan fingerprint density at radius 3 is 2.17 bits per heavy atom. The molecule has 0 bridgehead atoms. The lowest BCUT2D eigenvalue weighted by Crippen LogP contribution is -1.77. The van der Waals surface area contributed by atoms with Crippen molar-refractivity contribution in [3.05, 3.63) is 0 Å². The Bertz CT molecular complexity index is 74.9. The van der Waals surface area contributed by atoms with Gasteiger partial charge in [-0.25, -0.2) is 0 Å². The summed E-state index contributed by atoms with van der Waals surface area (Å²) in [6.07, 6.45) is 0. The van der Waals surface area contributed by atoms with E-state index in [-0.39, 0.29) is 0 Å². The molecule has 3 nitrogen and oxygen atoms in total. The van der Waals surface area contributed by atoms with Crippen LogP contribution >= 0.6 is 7.60 Å². The molecular formula is CH4AlO3P. The molecule has 0 spiro atoms. The van der Waals surface area contributed by atoms with Crippen LogP contribution in [0.5, 0.6) is 0 Å². The van der Waals surface area contributed by atoms with Gasteiger partial charge in [0.15, 0.2) is 0 Å². The van der Waals surface area contributed by atoms with E-state index in [9.17, 15) is 4.57 Å². The minimum Gasteiger partial charge on any atom is -0.456 e. The molecule has 0 aliphatic heterocycles. The first-order valence-electron chi connectivity index (χ1n) is 1.25. The van der Waals surface area contributed by atoms with Gasteiger partial charge in [0, 0.05) is 6.66 Å². The van der Waals surface area contributed by atoms with Crippen LogP contribution in [0.3, 0.4) is 0 Å². The SMILES string of the molecule is CP(=O)(O)[O][Al]. The maximum atomic E-state index is 9.90. The Labute approximate surface area is 44.6 Å². The predicted molar refractivity (Wildman–Crippen MR) is 22.6 cm³/mol. The van der Waals surface area contributed by atoms with Crippen LogP contribution in [0.4, 0.5) is 0 Å². The second kappa shape index (κ2) is 2.11. The summed E-state index contributed by atoms with van der Waals surface area (Å²) >= 11 is 1.71. The van der Waals surface area contributed by atoms with E-state index in [2.05, 4.69) is 3.58 Å². The van der Waals surface area contributed by atoms with Crippen molar-refractivity contribution in [2.24, 2.45) is 0 Å². The Morgan fingerprint density at radius 2 is 2.17 bits per heavy atom. The van der Waals surface area contributed by atoms with Gasteiger partial charge < -0.3 is 8.47 Å². The highest BCUT2D eigenvalue weighted by Gasteiger charge is 2.00. The Kier molecular flexibility index (Phi) is 2.35. The highest BCUT2D eigenvalue weighted by Crippen LogP contribution is 2.33. The van der Waals surface area contributed by atoms with Gasteiger partial charge in [0.1, 0.15) is 0 Å². The summed E-state index contributed by atoms with van der Waals surface area (Å²) in [5.41, 5.74) is 0. The van der Waals surface area contributed by atoms with Crippen molar-refractivity contribution >= 4 is 24.2 Å². The normalized spacial score (nSPS) is 19.7. The second-order valence-electron chi connectivity index (χ2n) is 0.908. The fraction of sp³-hybridized carbons (Fsp3) is 1.00. The highest BCUT2D eigenvalue weighted by atomic mass is 31.2. The zero-order chi connectivity index (χ0) is 5.21. The van der Waals surface area contributed by atoms with Gasteiger partial charge >= 0.3 is 16.6 Å². The van der Waals surface area contributed by atoms with Crippen molar-refractivity contribution in [1.82, 2.24) is 0 Å². The van der Waals surface area contributed by atoms with Gasteiger partial charge in [-0.05, 0) is 0 Å². The van der Waals surface area contributed by atoms with Gasteiger partial charge in [0.2, 0.25) is 0 Å². The minimum absolute atomic E-state index is 1.11. The summed E-state index contributed by atoms with van der Waals surface area (Å²) in [7, 11) is -3.18. The van der Waals surface area contributed by atoms with Crippen molar-refractivity contribution in [2.75, 3.05) is 6.66 Å². The summed E-state index contributed by atoms with van der Waals surface area (Å²) in [6, 6.07) is 0. The van der Waals surface area contributed by atoms with Crippen molar-refractivity contribution in [2.45, 2.75) is 0 Å². The van der Waals surface area contributed by atoms with Gasteiger partial charge in [-0.1, -0.05) is 0 Å². The second-order valence-corrected chi connectivity index (χ2v) is 3.36. The van der Waals surface area contributed by atoms with Gasteiger partial charge in [-0.15, -0.1) is 0 Å². The zero-order valence-electron chi connectivity index (χ0n) is 3.29. The van der Waals surface area contributed by atoms with Crippen LogP contribution in [0.2, 0.25) is 0 Å². The topological polar surface area (TPSA) is 46.5 Å². The lowest BCUT2D eigenvalue weighted by molar-refractivity contribution is 0.401. The average molecular weight is 122 g/mol. The van der Waals surface area contributed by atoms with Gasteiger partial charge in [-0.2, -0.15) is 0 Å². The molecular weight excluding hydrogens is 118 g/mol. The van der Waals surface area contributed by atoms with Crippen LogP contribution < -0.4 is 0 Å². The van der Waals surface area contributed by atoms with Crippen LogP contribution in [0, 0.1) is 0 Å². The maximum Gasteiger partial charge on any atom is 0.385 e. The van der Waals surface area contributed by atoms with Crippen molar-refractivity contribution < 1.29 is 13.0 Å². The van der Waals surface area contributed by atoms with E-state index in [1.54, 1.807) is 16.6 Å². The number of rotatable bonds is 1. The van der Waals surface area contributed by atoms with Crippen molar-refractivity contribution in [1.29, 1.82) is 0 Å². The molecule has 6 heavy (non-hydrogen) atoms. The predicted octanol–water partition coefficient (Wildman–Crippen LogP) is -0.0983. The van der Waals surface area contributed by atoms with Crippen LogP contribution in [0.25, 0.3) is 0 Å². The molecule has 5 heteroatoms. The van der Waals surface area contributed by atoms with Crippen LogP contribution in [-0.4, -0.2) is 28.2 Å². The van der Waals surface area contributed by atoms with Gasteiger partial charge in [0.05, 0.1) is 0 Å². The molecule has 1 unspecified atom stereocenters. The van der Waals surface area contributed by atoms with Crippen LogP contribution in [-0.2, 0) is 8.14 Å². The molecule has 0 aromatic carbocycles. The molecule has 34 valence electrons. The third-order valence-electron chi connectivity index (χ3n) is 0.196. The lowest BCUT2D eigenvalue weighted by Gasteiger charge is -1.99. The Hall–Kier alpha value is 0.682. The molecule has 0 saturated carbocycles. The van der Waals surface area contributed by atoms with E-state index in [0.717, 1.165) is 6.66 Å². The minimum atomic E-state index is -3.18. The molecule has 0 saturated heterocycles. The molecule has 0 fully saturated rings. The molecule has 0 amide bonds. The van der Waals surface area contributed by atoms with Crippen molar-refractivity contribution in [3.63, 3.8) is 0 Å². The van der Waals surface area contributed by atoms with E-state index in [0.29, 0.717) is 0 Å².